The first kappa shape index (κ1) is 71.7. The average Bonchev–Trinajstić information content (AvgIpc) is 3.09. The van der Waals surface area contributed by atoms with Crippen LogP contribution < -0.4 is 0 Å². The molecule has 0 rings (SSSR count). The van der Waals surface area contributed by atoms with Crippen molar-refractivity contribution in [2.75, 3.05) is 37.1 Å². The van der Waals surface area contributed by atoms with E-state index in [4.69, 9.17) is 25.0 Å². The fourth-order valence-electron chi connectivity index (χ4n) is 2.80. The van der Waals surface area contributed by atoms with Gasteiger partial charge in [-0.05, 0) is 87.0 Å². The van der Waals surface area contributed by atoms with Crippen molar-refractivity contribution >= 4 is 69.7 Å². The van der Waals surface area contributed by atoms with Crippen molar-refractivity contribution in [1.82, 2.24) is 0 Å². The van der Waals surface area contributed by atoms with Crippen molar-refractivity contribution in [2.45, 2.75) is 113 Å². The molecule has 0 fully saturated rings. The van der Waals surface area contributed by atoms with Gasteiger partial charge in [0.2, 0.25) is 0 Å². The number of ether oxygens (including phenoxy) is 3. The van der Waals surface area contributed by atoms with Gasteiger partial charge in [0.05, 0.1) is 62.5 Å². The normalized spacial score (nSPS) is 11.9. The Kier molecular flexibility index (Phi) is 38.1. The zero-order valence-electron chi connectivity index (χ0n) is 35.5. The fraction of sp³-hybridized carbons (Fsp3) is 0.812. The zero-order chi connectivity index (χ0) is 45.7. The Hall–Kier alpha value is 0.102. The number of hydrogen-bond donors (Lipinski definition) is 0. The monoisotopic (exact) mass is 1170 g/mol. The van der Waals surface area contributed by atoms with E-state index in [0.29, 0.717) is 19.3 Å². The molecule has 0 saturated carbocycles. The predicted molar refractivity (Wildman–Crippen MR) is 207 cm³/mol. The van der Waals surface area contributed by atoms with E-state index in [2.05, 4.69) is 4.40 Å². The Balaban J connectivity index is -0.000000179. The summed E-state index contributed by atoms with van der Waals surface area (Å²) < 4.78 is 144. The molecule has 0 aliphatic rings. The third kappa shape index (κ3) is 31.1. The number of carbonyl (C=O) groups excluding carboxylic acids is 3. The molecule has 0 aromatic carbocycles. The predicted octanol–water partition coefficient (Wildman–Crippen LogP) is 5.24. The molecule has 0 bridgehead atoms. The van der Waals surface area contributed by atoms with Crippen LogP contribution in [0.15, 0.2) is 9.30 Å². The number of rotatable bonds is 22. The summed E-state index contributed by atoms with van der Waals surface area (Å²) in [4.78, 5) is 34.4. The van der Waals surface area contributed by atoms with Crippen LogP contribution in [0.4, 0.5) is 13.2 Å². The quantitative estimate of drug-likeness (QED) is 0.0580. The van der Waals surface area contributed by atoms with Crippen molar-refractivity contribution in [3.8, 4) is 0 Å². The van der Waals surface area contributed by atoms with Crippen molar-refractivity contribution in [1.29, 1.82) is 0 Å². The number of allylic oxidation sites excluding steroid dienone is 1. The largest absolute Gasteiger partial charge is 0.762 e. The Bertz CT molecular complexity index is 1900. The molecule has 60 heavy (non-hydrogen) atoms. The molecule has 343 valence electrons. The molecule has 0 unspecified atom stereocenters. The maximum absolute atomic E-state index is 12.0. The number of sulfonamides is 3. The van der Waals surface area contributed by atoms with Crippen LogP contribution in [-0.2, 0) is 167 Å². The molecule has 18 nitrogen and oxygen atoms in total. The number of nitrogens with zero attached hydrogens (tertiary/aromatic N) is 4. The fourth-order valence-corrected chi connectivity index (χ4v) is 6.76. The standard InChI is InChI=1S/C12H20NO4S.C10H17F3NO6S2.C10H17N2O4S.3Y/c1-5-12(3,4)11(14)17-7-6-8-18(15,16)10(2)9-13;1-4-9(2,3)8(15)20-6-5-7-21(16,17)14-22(18,19)10(11,12)13;1-4-10(2,3)9(13)16-6-5-7-17(14,15)12-8-11;;;/h5-8H2,1-4H3;4-7H2,1-3H3;4-7H2,1-3H3;;;/q3*-1;;;. The van der Waals surface area contributed by atoms with E-state index < -0.39 is 73.4 Å². The minimum atomic E-state index is -6.11. The first-order valence-electron chi connectivity index (χ1n) is 17.2. The Morgan fingerprint density at radius 1 is 0.617 bits per heavy atom. The van der Waals surface area contributed by atoms with Crippen LogP contribution in [-0.4, -0.2) is 106 Å². The topological polar surface area (TPSA) is 287 Å². The summed E-state index contributed by atoms with van der Waals surface area (Å²) in [7, 11) is -18.1. The van der Waals surface area contributed by atoms with Crippen LogP contribution in [0.2, 0.25) is 0 Å². The second kappa shape index (κ2) is 31.9. The maximum Gasteiger partial charge on any atom is 0.480 e. The van der Waals surface area contributed by atoms with E-state index in [1.54, 1.807) is 54.3 Å². The molecular weight excluding hydrogens is 1120 g/mol. The first-order valence-corrected chi connectivity index (χ1v) is 23.5. The molecule has 0 aromatic rings. The molecule has 28 heteroatoms. The van der Waals surface area contributed by atoms with Gasteiger partial charge in [-0.3, -0.25) is 20.3 Å². The number of esters is 3. The van der Waals surface area contributed by atoms with Gasteiger partial charge < -0.3 is 33.6 Å². The van der Waals surface area contributed by atoms with E-state index in [-0.39, 0.29) is 166 Å². The molecule has 0 aliphatic heterocycles. The minimum Gasteiger partial charge on any atom is -0.762 e. The Morgan fingerprint density at radius 3 is 1.22 bits per heavy atom. The van der Waals surface area contributed by atoms with Crippen LogP contribution in [0.25, 0.3) is 14.9 Å². The molecule has 0 aromatic heterocycles. The van der Waals surface area contributed by atoms with Crippen LogP contribution in [0.1, 0.15) is 108 Å². The Morgan fingerprint density at radius 2 is 0.933 bits per heavy atom. The van der Waals surface area contributed by atoms with E-state index >= 15 is 0 Å². The second-order valence-corrected chi connectivity index (χ2v) is 21.5. The van der Waals surface area contributed by atoms with Crippen LogP contribution in [0, 0.1) is 16.2 Å². The molecule has 0 atom stereocenters. The molecule has 0 N–H and O–H groups in total. The van der Waals surface area contributed by atoms with E-state index in [0.717, 1.165) is 0 Å². The van der Waals surface area contributed by atoms with Gasteiger partial charge in [-0.15, -0.1) is 6.01 Å². The number of halogens is 3. The third-order valence-electron chi connectivity index (χ3n) is 7.97. The summed E-state index contributed by atoms with van der Waals surface area (Å²) >= 11 is 0. The SMILES string of the molecule is CCC(C)(C)C(=O)OCCCS(=O)(=O)C(C)=C=[N-].CCC(C)(C)C(=O)OCCCS(=O)(=O)N=C=[N-].CCC(C)(C)C(=O)OCCCS(=O)(=O)[N-]S(=O)(=O)C(F)(F)F.[Y].[Y].[Y]. The van der Waals surface area contributed by atoms with Gasteiger partial charge in [0, 0.05) is 104 Å². The summed E-state index contributed by atoms with van der Waals surface area (Å²) in [5, 5.41) is 16.6. The molecule has 0 saturated heterocycles. The van der Waals surface area contributed by atoms with Crippen LogP contribution in [0.3, 0.4) is 0 Å². The number of hydrogen-bond acceptors (Lipinski definition) is 14. The van der Waals surface area contributed by atoms with Gasteiger partial charge in [-0.25, -0.2) is 33.7 Å². The summed E-state index contributed by atoms with van der Waals surface area (Å²) in [6.45, 7) is 16.8. The van der Waals surface area contributed by atoms with Gasteiger partial charge in [-0.1, -0.05) is 20.8 Å². The minimum absolute atomic E-state index is 0. The summed E-state index contributed by atoms with van der Waals surface area (Å²) in [5.41, 5.74) is -7.66. The van der Waals surface area contributed by atoms with Crippen molar-refractivity contribution in [3.05, 3.63) is 19.9 Å². The summed E-state index contributed by atoms with van der Waals surface area (Å²) in [6.07, 6.45) is 1.75. The average molecular weight is 1170 g/mol. The zero-order valence-corrected chi connectivity index (χ0v) is 47.3. The van der Waals surface area contributed by atoms with Gasteiger partial charge in [0.15, 0.2) is 29.9 Å². The van der Waals surface area contributed by atoms with E-state index in [9.17, 15) is 61.2 Å². The summed E-state index contributed by atoms with van der Waals surface area (Å²) in [6, 6.07) is 1.22. The van der Waals surface area contributed by atoms with Gasteiger partial charge in [0.1, 0.15) is 0 Å². The van der Waals surface area contributed by atoms with Crippen molar-refractivity contribution in [3.63, 3.8) is 0 Å². The molecule has 0 spiro atoms. The van der Waals surface area contributed by atoms with E-state index in [1.807, 2.05) is 18.0 Å². The van der Waals surface area contributed by atoms with Crippen LogP contribution >= 0.6 is 0 Å². The van der Waals surface area contributed by atoms with Gasteiger partial charge in [-0.2, -0.15) is 13.2 Å². The first-order chi connectivity index (χ1) is 25.6. The summed E-state index contributed by atoms with van der Waals surface area (Å²) in [5.74, 6) is -1.11. The smallest absolute Gasteiger partial charge is 0.480 e. The van der Waals surface area contributed by atoms with E-state index in [1.165, 1.54) is 12.9 Å². The molecule has 0 aliphatic carbocycles. The van der Waals surface area contributed by atoms with Crippen molar-refractivity contribution < 1.29 is 174 Å². The van der Waals surface area contributed by atoms with Gasteiger partial charge in [0.25, 0.3) is 0 Å². The maximum atomic E-state index is 12.0. The number of carbonyl (C=O) groups is 3. The Labute approximate surface area is 429 Å². The molecular formula is C32H54F3N4O14S4Y3-3. The number of sulfone groups is 1. The second-order valence-electron chi connectivity index (χ2n) is 13.9. The molecule has 0 amide bonds. The van der Waals surface area contributed by atoms with Gasteiger partial charge >= 0.3 is 23.4 Å². The molecule has 3 radical (unpaired) electrons. The third-order valence-corrected chi connectivity index (χ3v) is 14.1. The van der Waals surface area contributed by atoms with Crippen LogP contribution in [0.5, 0.6) is 0 Å². The molecule has 0 heterocycles. The van der Waals surface area contributed by atoms with Crippen molar-refractivity contribution in [2.24, 2.45) is 20.6 Å². The number of alkyl halides is 3.